The van der Waals surface area contributed by atoms with Gasteiger partial charge in [0.2, 0.25) is 0 Å². The number of rotatable bonds is 4. The van der Waals surface area contributed by atoms with E-state index in [1.807, 2.05) is 0 Å². The van der Waals surface area contributed by atoms with Gasteiger partial charge in [-0.15, -0.1) is 0 Å². The Bertz CT molecular complexity index is 549. The third-order valence-electron chi connectivity index (χ3n) is 2.44. The Hall–Kier alpha value is -1.65. The first-order valence-corrected chi connectivity index (χ1v) is 6.14. The summed E-state index contributed by atoms with van der Waals surface area (Å²) < 4.78 is 6.33. The maximum atomic E-state index is 10.7. The molecule has 0 aliphatic rings. The lowest BCUT2D eigenvalue weighted by Gasteiger charge is -2.07. The van der Waals surface area contributed by atoms with Gasteiger partial charge in [-0.25, -0.2) is 0 Å². The topological polar surface area (TPSA) is 46.5 Å². The van der Waals surface area contributed by atoms with Crippen LogP contribution >= 0.6 is 15.9 Å². The zero-order valence-electron chi connectivity index (χ0n) is 9.47. The summed E-state index contributed by atoms with van der Waals surface area (Å²) in [6.45, 7) is 0.0137. The molecule has 0 aromatic heterocycles. The zero-order chi connectivity index (χ0) is 13.0. The van der Waals surface area contributed by atoms with Crippen LogP contribution in [0.15, 0.2) is 46.9 Å². The molecule has 0 heterocycles. The lowest BCUT2D eigenvalue weighted by molar-refractivity contribution is 0.112. The molecule has 18 heavy (non-hydrogen) atoms. The normalized spacial score (nSPS) is 10.1. The van der Waals surface area contributed by atoms with Crippen LogP contribution in [-0.2, 0) is 6.61 Å². The number of aliphatic hydroxyl groups excluding tert-OH is 1. The van der Waals surface area contributed by atoms with Crippen LogP contribution in [0.25, 0.3) is 0 Å². The molecule has 0 unspecified atom stereocenters. The van der Waals surface area contributed by atoms with E-state index >= 15 is 0 Å². The summed E-state index contributed by atoms with van der Waals surface area (Å²) in [7, 11) is 0. The number of aliphatic hydroxyl groups is 1. The molecule has 1 N–H and O–H groups in total. The number of ether oxygens (including phenoxy) is 1. The molecule has 0 amide bonds. The minimum atomic E-state index is 0.0137. The number of hydrogen-bond acceptors (Lipinski definition) is 3. The third-order valence-corrected chi connectivity index (χ3v) is 3.13. The van der Waals surface area contributed by atoms with Crippen molar-refractivity contribution in [1.82, 2.24) is 0 Å². The van der Waals surface area contributed by atoms with Gasteiger partial charge in [0.05, 0.1) is 6.61 Å². The van der Waals surface area contributed by atoms with Crippen LogP contribution in [0.1, 0.15) is 15.9 Å². The molecule has 0 aliphatic heterocycles. The van der Waals surface area contributed by atoms with E-state index < -0.39 is 0 Å². The number of carbonyl (C=O) groups excluding carboxylic acids is 1. The minimum absolute atomic E-state index is 0.0137. The molecule has 0 fully saturated rings. The first-order chi connectivity index (χ1) is 8.72. The van der Waals surface area contributed by atoms with E-state index in [1.165, 1.54) is 0 Å². The fourth-order valence-electron chi connectivity index (χ4n) is 1.47. The summed E-state index contributed by atoms with van der Waals surface area (Å²) in [5, 5.41) is 8.93. The summed E-state index contributed by atoms with van der Waals surface area (Å²) in [4.78, 5) is 10.7. The standard InChI is InChI=1S/C14H11BrO3/c15-14-7-13(6-3-11(14)9-17)18-12-4-1-10(8-16)2-5-12/h1-7,9,16H,8H2. The van der Waals surface area contributed by atoms with Gasteiger partial charge in [-0.1, -0.05) is 12.1 Å². The Labute approximate surface area is 113 Å². The molecule has 0 spiro atoms. The highest BCUT2D eigenvalue weighted by Gasteiger charge is 2.02. The maximum Gasteiger partial charge on any atom is 0.151 e. The molecular formula is C14H11BrO3. The fourth-order valence-corrected chi connectivity index (χ4v) is 1.92. The number of halogens is 1. The SMILES string of the molecule is O=Cc1ccc(Oc2ccc(CO)cc2)cc1Br. The second kappa shape index (κ2) is 5.80. The molecule has 0 aliphatic carbocycles. The average Bonchev–Trinajstić information content (AvgIpc) is 2.40. The number of benzene rings is 2. The summed E-state index contributed by atoms with van der Waals surface area (Å²) in [5.41, 5.74) is 1.41. The van der Waals surface area contributed by atoms with Crippen molar-refractivity contribution in [3.63, 3.8) is 0 Å². The lowest BCUT2D eigenvalue weighted by Crippen LogP contribution is -1.88. The van der Waals surface area contributed by atoms with Crippen molar-refractivity contribution in [1.29, 1.82) is 0 Å². The van der Waals surface area contributed by atoms with E-state index in [0.717, 1.165) is 11.8 Å². The largest absolute Gasteiger partial charge is 0.457 e. The number of aldehydes is 1. The van der Waals surface area contributed by atoms with Crippen LogP contribution < -0.4 is 4.74 Å². The van der Waals surface area contributed by atoms with Gasteiger partial charge < -0.3 is 9.84 Å². The van der Waals surface area contributed by atoms with Crippen LogP contribution in [0, 0.1) is 0 Å². The van der Waals surface area contributed by atoms with Crippen LogP contribution in [0.2, 0.25) is 0 Å². The highest BCUT2D eigenvalue weighted by Crippen LogP contribution is 2.26. The van der Waals surface area contributed by atoms with Crippen molar-refractivity contribution in [3.8, 4) is 11.5 Å². The second-order valence-electron chi connectivity index (χ2n) is 3.71. The molecule has 0 atom stereocenters. The molecule has 0 saturated heterocycles. The van der Waals surface area contributed by atoms with Gasteiger partial charge in [0.15, 0.2) is 6.29 Å². The molecule has 0 bridgehead atoms. The van der Waals surface area contributed by atoms with E-state index in [2.05, 4.69) is 15.9 Å². The molecule has 2 aromatic rings. The van der Waals surface area contributed by atoms with Gasteiger partial charge in [0.1, 0.15) is 11.5 Å². The van der Waals surface area contributed by atoms with E-state index in [4.69, 9.17) is 9.84 Å². The molecular weight excluding hydrogens is 296 g/mol. The molecule has 4 heteroatoms. The van der Waals surface area contributed by atoms with Gasteiger partial charge in [-0.05, 0) is 51.8 Å². The Kier molecular flexibility index (Phi) is 4.12. The molecule has 2 rings (SSSR count). The van der Waals surface area contributed by atoms with Crippen molar-refractivity contribution in [3.05, 3.63) is 58.1 Å². The van der Waals surface area contributed by atoms with Crippen LogP contribution in [0.5, 0.6) is 11.5 Å². The fraction of sp³-hybridized carbons (Fsp3) is 0.0714. The Morgan fingerprint density at radius 2 is 1.78 bits per heavy atom. The first-order valence-electron chi connectivity index (χ1n) is 5.35. The second-order valence-corrected chi connectivity index (χ2v) is 4.56. The van der Waals surface area contributed by atoms with Crippen molar-refractivity contribution in [2.45, 2.75) is 6.61 Å². The summed E-state index contributed by atoms with van der Waals surface area (Å²) in [6.07, 6.45) is 0.782. The maximum absolute atomic E-state index is 10.7. The predicted octanol–water partition coefficient (Wildman–Crippen LogP) is 3.55. The Morgan fingerprint density at radius 3 is 2.33 bits per heavy atom. The number of hydrogen-bond donors (Lipinski definition) is 1. The highest BCUT2D eigenvalue weighted by molar-refractivity contribution is 9.10. The van der Waals surface area contributed by atoms with Crippen molar-refractivity contribution in [2.24, 2.45) is 0 Å². The monoisotopic (exact) mass is 306 g/mol. The molecule has 0 radical (unpaired) electrons. The zero-order valence-corrected chi connectivity index (χ0v) is 11.1. The predicted molar refractivity (Wildman–Crippen MR) is 72.0 cm³/mol. The van der Waals surface area contributed by atoms with E-state index in [0.29, 0.717) is 21.5 Å². The van der Waals surface area contributed by atoms with Crippen molar-refractivity contribution >= 4 is 22.2 Å². The van der Waals surface area contributed by atoms with E-state index in [9.17, 15) is 4.79 Å². The van der Waals surface area contributed by atoms with Crippen molar-refractivity contribution < 1.29 is 14.6 Å². The smallest absolute Gasteiger partial charge is 0.151 e. The molecule has 0 saturated carbocycles. The molecule has 3 nitrogen and oxygen atoms in total. The van der Waals surface area contributed by atoms with E-state index in [-0.39, 0.29) is 6.61 Å². The third kappa shape index (κ3) is 2.97. The minimum Gasteiger partial charge on any atom is -0.457 e. The van der Waals surface area contributed by atoms with Gasteiger partial charge in [-0.3, -0.25) is 4.79 Å². The van der Waals surface area contributed by atoms with Crippen LogP contribution in [0.4, 0.5) is 0 Å². The lowest BCUT2D eigenvalue weighted by atomic mass is 10.2. The first kappa shape index (κ1) is 12.8. The summed E-state index contributed by atoms with van der Waals surface area (Å²) in [5.74, 6) is 1.32. The quantitative estimate of drug-likeness (QED) is 0.879. The average molecular weight is 307 g/mol. The summed E-state index contributed by atoms with van der Waals surface area (Å²) >= 11 is 3.30. The van der Waals surface area contributed by atoms with E-state index in [1.54, 1.807) is 42.5 Å². The van der Waals surface area contributed by atoms with Crippen molar-refractivity contribution in [2.75, 3.05) is 0 Å². The molecule has 2 aromatic carbocycles. The van der Waals surface area contributed by atoms with Gasteiger partial charge in [0.25, 0.3) is 0 Å². The van der Waals surface area contributed by atoms with Gasteiger partial charge >= 0.3 is 0 Å². The molecule has 92 valence electrons. The Morgan fingerprint density at radius 1 is 1.11 bits per heavy atom. The van der Waals surface area contributed by atoms with Crippen LogP contribution in [0.3, 0.4) is 0 Å². The Balaban J connectivity index is 2.17. The number of carbonyl (C=O) groups is 1. The highest BCUT2D eigenvalue weighted by atomic mass is 79.9. The summed E-state index contributed by atoms with van der Waals surface area (Å²) in [6, 6.07) is 12.3. The van der Waals surface area contributed by atoms with Gasteiger partial charge in [0, 0.05) is 10.0 Å². The van der Waals surface area contributed by atoms with Crippen LogP contribution in [-0.4, -0.2) is 11.4 Å². The van der Waals surface area contributed by atoms with Gasteiger partial charge in [-0.2, -0.15) is 0 Å².